The minimum atomic E-state index is 0.647. The Morgan fingerprint density at radius 2 is 2.08 bits per heavy atom. The summed E-state index contributed by atoms with van der Waals surface area (Å²) in [6, 6.07) is 8.12. The highest BCUT2D eigenvalue weighted by Gasteiger charge is 2.21. The molecule has 3 aromatic rings. The van der Waals surface area contributed by atoms with E-state index >= 15 is 0 Å². The quantitative estimate of drug-likeness (QED) is 0.777. The third-order valence-corrected chi connectivity index (χ3v) is 4.18. The minimum Gasteiger partial charge on any atom is -0.339 e. The molecular formula is C16H19N7O. The van der Waals surface area contributed by atoms with Gasteiger partial charge in [0, 0.05) is 31.7 Å². The first-order valence-electron chi connectivity index (χ1n) is 8.00. The van der Waals surface area contributed by atoms with Crippen molar-refractivity contribution < 1.29 is 4.52 Å². The van der Waals surface area contributed by atoms with Crippen molar-refractivity contribution in [2.24, 2.45) is 0 Å². The number of piperazine rings is 1. The molecule has 0 radical (unpaired) electrons. The average molecular weight is 325 g/mol. The van der Waals surface area contributed by atoms with E-state index in [1.54, 1.807) is 0 Å². The second-order valence-electron chi connectivity index (χ2n) is 5.95. The first kappa shape index (κ1) is 14.8. The van der Waals surface area contributed by atoms with Crippen LogP contribution in [0.3, 0.4) is 0 Å². The summed E-state index contributed by atoms with van der Waals surface area (Å²) in [6.45, 7) is 6.36. The topological polar surface area (TPSA) is 87.0 Å². The molecule has 24 heavy (non-hydrogen) atoms. The number of anilines is 1. The van der Waals surface area contributed by atoms with Gasteiger partial charge < -0.3 is 9.42 Å². The summed E-state index contributed by atoms with van der Waals surface area (Å²) >= 11 is 0. The van der Waals surface area contributed by atoms with E-state index < -0.39 is 0 Å². The van der Waals surface area contributed by atoms with Crippen LogP contribution in [-0.4, -0.2) is 56.4 Å². The van der Waals surface area contributed by atoms with Crippen molar-refractivity contribution in [2.75, 3.05) is 31.1 Å². The van der Waals surface area contributed by atoms with E-state index in [1.807, 2.05) is 12.1 Å². The lowest BCUT2D eigenvalue weighted by Gasteiger charge is -2.33. The maximum absolute atomic E-state index is 5.42. The molecular weight excluding hydrogens is 306 g/mol. The molecule has 3 heterocycles. The molecule has 8 nitrogen and oxygen atoms in total. The summed E-state index contributed by atoms with van der Waals surface area (Å²) in [4.78, 5) is 13.2. The highest BCUT2D eigenvalue weighted by molar-refractivity contribution is 5.55. The number of aromatic nitrogens is 5. The zero-order valence-electron chi connectivity index (χ0n) is 13.5. The Bertz CT molecular complexity index is 790. The first-order chi connectivity index (χ1) is 11.8. The molecule has 1 saturated heterocycles. The average Bonchev–Trinajstić information content (AvgIpc) is 3.27. The summed E-state index contributed by atoms with van der Waals surface area (Å²) in [7, 11) is 0. The van der Waals surface area contributed by atoms with E-state index in [4.69, 9.17) is 4.52 Å². The molecule has 0 unspecified atom stereocenters. The molecule has 0 atom stereocenters. The van der Waals surface area contributed by atoms with E-state index in [9.17, 15) is 0 Å². The molecule has 1 fully saturated rings. The molecule has 1 aliphatic rings. The van der Waals surface area contributed by atoms with Crippen LogP contribution in [0.2, 0.25) is 0 Å². The monoisotopic (exact) mass is 325 g/mol. The van der Waals surface area contributed by atoms with Gasteiger partial charge in [0.25, 0.3) is 0 Å². The molecule has 0 spiro atoms. The lowest BCUT2D eigenvalue weighted by Crippen LogP contribution is -2.46. The van der Waals surface area contributed by atoms with Crippen molar-refractivity contribution in [1.82, 2.24) is 30.2 Å². The van der Waals surface area contributed by atoms with Crippen LogP contribution in [-0.2, 0) is 6.54 Å². The number of nitrogens with zero attached hydrogens (tertiary/aromatic N) is 6. The van der Waals surface area contributed by atoms with Gasteiger partial charge in [-0.1, -0.05) is 28.9 Å². The van der Waals surface area contributed by atoms with E-state index in [0.717, 1.165) is 37.7 Å². The van der Waals surface area contributed by atoms with Crippen molar-refractivity contribution in [3.8, 4) is 11.4 Å². The van der Waals surface area contributed by atoms with Gasteiger partial charge in [-0.05, 0) is 13.0 Å². The number of benzene rings is 1. The summed E-state index contributed by atoms with van der Waals surface area (Å²) in [6.07, 6.45) is 1.53. The molecule has 8 heteroatoms. The Balaban J connectivity index is 1.37. The van der Waals surface area contributed by atoms with Gasteiger partial charge in [-0.25, -0.2) is 5.10 Å². The van der Waals surface area contributed by atoms with Crippen LogP contribution in [0.15, 0.2) is 35.1 Å². The largest absolute Gasteiger partial charge is 0.339 e. The smallest absolute Gasteiger partial charge is 0.241 e. The molecule has 0 saturated carbocycles. The number of aryl methyl sites for hydroxylation is 1. The van der Waals surface area contributed by atoms with Gasteiger partial charge in [-0.2, -0.15) is 15.1 Å². The normalized spacial score (nSPS) is 15.8. The summed E-state index contributed by atoms with van der Waals surface area (Å²) in [5.74, 6) is 2.13. The van der Waals surface area contributed by atoms with Crippen molar-refractivity contribution in [1.29, 1.82) is 0 Å². The van der Waals surface area contributed by atoms with Gasteiger partial charge in [0.15, 0.2) is 0 Å². The number of H-pyrrole nitrogens is 1. The third-order valence-electron chi connectivity index (χ3n) is 4.18. The summed E-state index contributed by atoms with van der Waals surface area (Å²) < 4.78 is 5.42. The lowest BCUT2D eigenvalue weighted by atomic mass is 10.1. The predicted molar refractivity (Wildman–Crippen MR) is 88.3 cm³/mol. The Morgan fingerprint density at radius 1 is 1.21 bits per heavy atom. The zero-order valence-corrected chi connectivity index (χ0v) is 13.5. The van der Waals surface area contributed by atoms with E-state index in [0.29, 0.717) is 18.3 Å². The fourth-order valence-electron chi connectivity index (χ4n) is 2.88. The fraction of sp³-hybridized carbons (Fsp3) is 0.375. The van der Waals surface area contributed by atoms with Gasteiger partial charge in [-0.15, -0.1) is 0 Å². The van der Waals surface area contributed by atoms with E-state index in [1.165, 1.54) is 11.9 Å². The van der Waals surface area contributed by atoms with Crippen molar-refractivity contribution >= 4 is 5.95 Å². The molecule has 0 amide bonds. The predicted octanol–water partition coefficient (Wildman–Crippen LogP) is 1.49. The van der Waals surface area contributed by atoms with Crippen LogP contribution in [0.4, 0.5) is 5.95 Å². The standard InChI is InChI=1S/C16H19N7O/c1-12-3-2-4-13(9-12)15-19-14(24-21-15)10-22-5-7-23(8-6-22)16-17-11-18-20-16/h2-4,9,11H,5-8,10H2,1H3,(H,17,18,20). The number of hydrogen-bond donors (Lipinski definition) is 1. The Morgan fingerprint density at radius 3 is 2.83 bits per heavy atom. The second kappa shape index (κ2) is 6.40. The maximum Gasteiger partial charge on any atom is 0.241 e. The minimum absolute atomic E-state index is 0.647. The Labute approximate surface area is 139 Å². The SMILES string of the molecule is Cc1cccc(-c2noc(CN3CCN(c4ncn[nH]4)CC3)n2)c1. The van der Waals surface area contributed by atoms with E-state index in [2.05, 4.69) is 54.2 Å². The molecule has 1 aliphatic heterocycles. The first-order valence-corrected chi connectivity index (χ1v) is 8.00. The van der Waals surface area contributed by atoms with Gasteiger partial charge in [-0.3, -0.25) is 4.90 Å². The zero-order chi connectivity index (χ0) is 16.4. The number of rotatable bonds is 4. The molecule has 1 N–H and O–H groups in total. The third kappa shape index (κ3) is 3.13. The Kier molecular flexibility index (Phi) is 3.96. The highest BCUT2D eigenvalue weighted by Crippen LogP contribution is 2.18. The lowest BCUT2D eigenvalue weighted by molar-refractivity contribution is 0.215. The molecule has 0 aliphatic carbocycles. The number of aromatic amines is 1. The van der Waals surface area contributed by atoms with E-state index in [-0.39, 0.29) is 0 Å². The van der Waals surface area contributed by atoms with Crippen LogP contribution in [0.1, 0.15) is 11.5 Å². The van der Waals surface area contributed by atoms with Crippen LogP contribution in [0.25, 0.3) is 11.4 Å². The molecule has 124 valence electrons. The molecule has 4 rings (SSSR count). The van der Waals surface area contributed by atoms with Crippen LogP contribution in [0.5, 0.6) is 0 Å². The van der Waals surface area contributed by atoms with Crippen LogP contribution in [0, 0.1) is 6.92 Å². The highest BCUT2D eigenvalue weighted by atomic mass is 16.5. The van der Waals surface area contributed by atoms with Gasteiger partial charge in [0.05, 0.1) is 6.54 Å². The van der Waals surface area contributed by atoms with Crippen LogP contribution >= 0.6 is 0 Å². The summed E-state index contributed by atoms with van der Waals surface area (Å²) in [5.41, 5.74) is 2.17. The van der Waals surface area contributed by atoms with Crippen molar-refractivity contribution in [3.63, 3.8) is 0 Å². The Hall–Kier alpha value is -2.74. The van der Waals surface area contributed by atoms with Gasteiger partial charge in [0.2, 0.25) is 17.7 Å². The van der Waals surface area contributed by atoms with Gasteiger partial charge in [0.1, 0.15) is 6.33 Å². The second-order valence-corrected chi connectivity index (χ2v) is 5.95. The van der Waals surface area contributed by atoms with Crippen molar-refractivity contribution in [3.05, 3.63) is 42.0 Å². The fourth-order valence-corrected chi connectivity index (χ4v) is 2.88. The maximum atomic E-state index is 5.42. The van der Waals surface area contributed by atoms with Crippen molar-refractivity contribution in [2.45, 2.75) is 13.5 Å². The molecule has 0 bridgehead atoms. The number of nitrogens with one attached hydrogen (secondary N) is 1. The number of hydrogen-bond acceptors (Lipinski definition) is 7. The summed E-state index contributed by atoms with van der Waals surface area (Å²) in [5, 5.41) is 10.9. The molecule has 2 aromatic heterocycles. The molecule has 1 aromatic carbocycles. The van der Waals surface area contributed by atoms with Crippen LogP contribution < -0.4 is 4.90 Å². The van der Waals surface area contributed by atoms with Gasteiger partial charge >= 0.3 is 0 Å².